The van der Waals surface area contributed by atoms with Crippen molar-refractivity contribution in [2.45, 2.75) is 0 Å². The molecule has 0 aromatic heterocycles. The van der Waals surface area contributed by atoms with Gasteiger partial charge < -0.3 is 5.73 Å². The topological polar surface area (TPSA) is 43.1 Å². The number of halogens is 1. The maximum absolute atomic E-state index is 13.6. The number of anilines is 1. The Hall–Kier alpha value is -2.16. The van der Waals surface area contributed by atoms with Crippen molar-refractivity contribution < 1.29 is 9.18 Å². The van der Waals surface area contributed by atoms with Crippen molar-refractivity contribution >= 4 is 11.5 Å². The molecular formula is C13H10FNO. The molecule has 0 spiro atoms. The summed E-state index contributed by atoms with van der Waals surface area (Å²) in [6.07, 6.45) is 0. The average Bonchev–Trinajstić information content (AvgIpc) is 2.33. The van der Waals surface area contributed by atoms with Crippen LogP contribution in [-0.2, 0) is 0 Å². The van der Waals surface area contributed by atoms with E-state index in [0.717, 1.165) is 0 Å². The van der Waals surface area contributed by atoms with Crippen LogP contribution in [0.4, 0.5) is 10.1 Å². The summed E-state index contributed by atoms with van der Waals surface area (Å²) in [5.74, 6) is -1.01. The molecule has 2 rings (SSSR count). The smallest absolute Gasteiger partial charge is 0.196 e. The van der Waals surface area contributed by atoms with Gasteiger partial charge in [-0.25, -0.2) is 4.39 Å². The first kappa shape index (κ1) is 10.4. The highest BCUT2D eigenvalue weighted by molar-refractivity contribution is 6.09. The van der Waals surface area contributed by atoms with Crippen LogP contribution in [0.1, 0.15) is 15.9 Å². The highest BCUT2D eigenvalue weighted by Gasteiger charge is 2.14. The number of hydrogen-bond acceptors (Lipinski definition) is 2. The molecular weight excluding hydrogens is 205 g/mol. The van der Waals surface area contributed by atoms with Crippen molar-refractivity contribution in [2.24, 2.45) is 0 Å². The van der Waals surface area contributed by atoms with E-state index in [0.29, 0.717) is 5.56 Å². The second-order valence-corrected chi connectivity index (χ2v) is 3.40. The zero-order valence-corrected chi connectivity index (χ0v) is 8.48. The van der Waals surface area contributed by atoms with E-state index in [4.69, 9.17) is 5.73 Å². The highest BCUT2D eigenvalue weighted by atomic mass is 19.1. The summed E-state index contributed by atoms with van der Waals surface area (Å²) in [4.78, 5) is 11.9. The van der Waals surface area contributed by atoms with Crippen LogP contribution in [0.5, 0.6) is 0 Å². The van der Waals surface area contributed by atoms with E-state index < -0.39 is 5.82 Å². The molecule has 0 fully saturated rings. The molecule has 2 N–H and O–H groups in total. The predicted octanol–water partition coefficient (Wildman–Crippen LogP) is 2.64. The van der Waals surface area contributed by atoms with Crippen LogP contribution in [0.2, 0.25) is 0 Å². The standard InChI is InChI=1S/C13H10FNO/c14-12-10(7-4-8-11(12)15)13(16)9-5-2-1-3-6-9/h1-8H,15H2. The summed E-state index contributed by atoms with van der Waals surface area (Å²) in [5, 5.41) is 0. The molecule has 0 unspecified atom stereocenters. The lowest BCUT2D eigenvalue weighted by atomic mass is 10.0. The van der Waals surface area contributed by atoms with Crippen molar-refractivity contribution in [3.8, 4) is 0 Å². The lowest BCUT2D eigenvalue weighted by molar-refractivity contribution is 0.103. The van der Waals surface area contributed by atoms with Crippen molar-refractivity contribution in [1.29, 1.82) is 0 Å². The molecule has 0 aliphatic rings. The number of rotatable bonds is 2. The van der Waals surface area contributed by atoms with Gasteiger partial charge in [-0.15, -0.1) is 0 Å². The maximum atomic E-state index is 13.6. The molecule has 0 saturated heterocycles. The minimum atomic E-state index is -0.656. The minimum absolute atomic E-state index is 0.00574. The Morgan fingerprint density at radius 2 is 1.69 bits per heavy atom. The number of ketones is 1. The first-order valence-corrected chi connectivity index (χ1v) is 4.84. The average molecular weight is 215 g/mol. The van der Waals surface area contributed by atoms with Crippen molar-refractivity contribution in [3.05, 3.63) is 65.5 Å². The van der Waals surface area contributed by atoms with E-state index in [9.17, 15) is 9.18 Å². The molecule has 80 valence electrons. The molecule has 0 radical (unpaired) electrons. The summed E-state index contributed by atoms with van der Waals surface area (Å²) in [6.45, 7) is 0. The Bertz CT molecular complexity index is 523. The molecule has 0 atom stereocenters. The van der Waals surface area contributed by atoms with Gasteiger partial charge in [0.2, 0.25) is 0 Å². The van der Waals surface area contributed by atoms with Crippen LogP contribution < -0.4 is 5.73 Å². The third-order valence-electron chi connectivity index (χ3n) is 2.31. The van der Waals surface area contributed by atoms with Gasteiger partial charge in [-0.1, -0.05) is 36.4 Å². The fraction of sp³-hybridized carbons (Fsp3) is 0. The van der Waals surface area contributed by atoms with Crippen LogP contribution in [0, 0.1) is 5.82 Å². The molecule has 0 saturated carbocycles. The van der Waals surface area contributed by atoms with Crippen molar-refractivity contribution in [1.82, 2.24) is 0 Å². The van der Waals surface area contributed by atoms with Crippen LogP contribution in [0.3, 0.4) is 0 Å². The van der Waals surface area contributed by atoms with Gasteiger partial charge in [-0.3, -0.25) is 4.79 Å². The van der Waals surface area contributed by atoms with Crippen LogP contribution >= 0.6 is 0 Å². The van der Waals surface area contributed by atoms with Crippen LogP contribution in [0.25, 0.3) is 0 Å². The van der Waals surface area contributed by atoms with Gasteiger partial charge in [-0.2, -0.15) is 0 Å². The van der Waals surface area contributed by atoms with Gasteiger partial charge in [0.25, 0.3) is 0 Å². The van der Waals surface area contributed by atoms with Gasteiger partial charge in [0, 0.05) is 5.56 Å². The largest absolute Gasteiger partial charge is 0.396 e. The van der Waals surface area contributed by atoms with Crippen molar-refractivity contribution in [2.75, 3.05) is 5.73 Å². The quantitative estimate of drug-likeness (QED) is 0.618. The highest BCUT2D eigenvalue weighted by Crippen LogP contribution is 2.18. The summed E-state index contributed by atoms with van der Waals surface area (Å²) < 4.78 is 13.6. The summed E-state index contributed by atoms with van der Waals surface area (Å²) in [7, 11) is 0. The second-order valence-electron chi connectivity index (χ2n) is 3.40. The number of hydrogen-bond donors (Lipinski definition) is 1. The molecule has 2 aromatic carbocycles. The molecule has 0 heterocycles. The lowest BCUT2D eigenvalue weighted by Gasteiger charge is -2.04. The molecule has 3 heteroatoms. The van der Waals surface area contributed by atoms with Crippen molar-refractivity contribution in [3.63, 3.8) is 0 Å². The second kappa shape index (κ2) is 4.14. The number of benzene rings is 2. The molecule has 0 bridgehead atoms. The van der Waals surface area contributed by atoms with Gasteiger partial charge in [-0.05, 0) is 12.1 Å². The first-order valence-electron chi connectivity index (χ1n) is 4.84. The van der Waals surface area contributed by atoms with Gasteiger partial charge >= 0.3 is 0 Å². The molecule has 2 aromatic rings. The fourth-order valence-corrected chi connectivity index (χ4v) is 1.47. The third kappa shape index (κ3) is 1.80. The number of nitrogens with two attached hydrogens (primary N) is 1. The first-order chi connectivity index (χ1) is 7.70. The summed E-state index contributed by atoms with van der Waals surface area (Å²) in [5.41, 5.74) is 5.85. The van der Waals surface area contributed by atoms with E-state index in [2.05, 4.69) is 0 Å². The maximum Gasteiger partial charge on any atom is 0.196 e. The number of carbonyl (C=O) groups is 1. The number of carbonyl (C=O) groups excluding carboxylic acids is 1. The Morgan fingerprint density at radius 1 is 1.00 bits per heavy atom. The Labute approximate surface area is 92.5 Å². The minimum Gasteiger partial charge on any atom is -0.396 e. The predicted molar refractivity (Wildman–Crippen MR) is 60.7 cm³/mol. The van der Waals surface area contributed by atoms with Gasteiger partial charge in [0.05, 0.1) is 11.3 Å². The van der Waals surface area contributed by atoms with E-state index in [1.165, 1.54) is 12.1 Å². The number of nitrogen functional groups attached to an aromatic ring is 1. The van der Waals surface area contributed by atoms with E-state index >= 15 is 0 Å². The molecule has 0 aliphatic heterocycles. The molecule has 2 nitrogen and oxygen atoms in total. The third-order valence-corrected chi connectivity index (χ3v) is 2.31. The fourth-order valence-electron chi connectivity index (χ4n) is 1.47. The van der Waals surface area contributed by atoms with E-state index in [-0.39, 0.29) is 17.0 Å². The van der Waals surface area contributed by atoms with E-state index in [1.54, 1.807) is 36.4 Å². The van der Waals surface area contributed by atoms with Crippen LogP contribution in [0.15, 0.2) is 48.5 Å². The zero-order chi connectivity index (χ0) is 11.5. The molecule has 16 heavy (non-hydrogen) atoms. The van der Waals surface area contributed by atoms with Gasteiger partial charge in [0.15, 0.2) is 11.6 Å². The zero-order valence-electron chi connectivity index (χ0n) is 8.48. The summed E-state index contributed by atoms with van der Waals surface area (Å²) >= 11 is 0. The SMILES string of the molecule is Nc1cccc(C(=O)c2ccccc2)c1F. The Kier molecular flexibility index (Phi) is 2.68. The Morgan fingerprint density at radius 3 is 2.38 bits per heavy atom. The van der Waals surface area contributed by atoms with Crippen LogP contribution in [-0.4, -0.2) is 5.78 Å². The normalized spacial score (nSPS) is 10.1. The summed E-state index contributed by atoms with van der Waals surface area (Å²) in [6, 6.07) is 13.0. The molecule has 0 aliphatic carbocycles. The van der Waals surface area contributed by atoms with E-state index in [1.807, 2.05) is 0 Å². The lowest BCUT2D eigenvalue weighted by Crippen LogP contribution is -2.06. The molecule has 0 amide bonds. The monoisotopic (exact) mass is 215 g/mol. The Balaban J connectivity index is 2.46. The van der Waals surface area contributed by atoms with Gasteiger partial charge in [0.1, 0.15) is 0 Å².